The maximum Gasteiger partial charge on any atom is 0.573 e. The second-order valence-corrected chi connectivity index (χ2v) is 4.75. The van der Waals surface area contributed by atoms with Crippen LogP contribution in [0.3, 0.4) is 0 Å². The zero-order valence-corrected chi connectivity index (χ0v) is 13.2. The van der Waals surface area contributed by atoms with Crippen molar-refractivity contribution in [2.45, 2.75) is 40.0 Å². The van der Waals surface area contributed by atoms with Crippen LogP contribution in [0.4, 0.5) is 13.2 Å². The molecule has 0 aromatic carbocycles. The lowest BCUT2D eigenvalue weighted by atomic mass is 10.3. The van der Waals surface area contributed by atoms with E-state index in [1.54, 1.807) is 19.1 Å². The summed E-state index contributed by atoms with van der Waals surface area (Å²) in [6.07, 6.45) is 0.482. The van der Waals surface area contributed by atoms with Gasteiger partial charge in [-0.2, -0.15) is 0 Å². The molecule has 0 aliphatic heterocycles. The highest BCUT2D eigenvalue weighted by molar-refractivity contribution is 5.32. The van der Waals surface area contributed by atoms with Crippen molar-refractivity contribution in [3.63, 3.8) is 0 Å². The first-order chi connectivity index (χ1) is 10.8. The van der Waals surface area contributed by atoms with Crippen LogP contribution in [-0.4, -0.2) is 15.9 Å². The van der Waals surface area contributed by atoms with Crippen LogP contribution in [0.2, 0.25) is 0 Å². The summed E-state index contributed by atoms with van der Waals surface area (Å²) >= 11 is 0. The van der Waals surface area contributed by atoms with Gasteiger partial charge in [0.15, 0.2) is 5.75 Å². The molecular weight excluding hydrogens is 309 g/mol. The van der Waals surface area contributed by atoms with Gasteiger partial charge in [-0.05, 0) is 31.2 Å². The fraction of sp³-hybridized carbons (Fsp3) is 0.375. The Kier molecular flexibility index (Phi) is 6.81. The van der Waals surface area contributed by atoms with Gasteiger partial charge in [-0.15, -0.1) is 13.2 Å². The molecule has 0 N–H and O–H groups in total. The lowest BCUT2D eigenvalue weighted by Crippen LogP contribution is -2.26. The quantitative estimate of drug-likeness (QED) is 0.846. The molecule has 2 aromatic rings. The van der Waals surface area contributed by atoms with Crippen molar-refractivity contribution in [1.29, 1.82) is 0 Å². The first-order valence-corrected chi connectivity index (χ1v) is 7.19. The van der Waals surface area contributed by atoms with E-state index in [2.05, 4.69) is 23.6 Å². The van der Waals surface area contributed by atoms with Crippen molar-refractivity contribution in [2.24, 2.45) is 0 Å². The number of rotatable bonds is 3. The SMILES string of the molecule is CCCC.Cc1ccc(-n2cccc(OC(F)(F)F)c2=O)cn1. The Hall–Kier alpha value is -2.31. The lowest BCUT2D eigenvalue weighted by molar-refractivity contribution is -0.275. The van der Waals surface area contributed by atoms with Crippen LogP contribution in [0.25, 0.3) is 5.69 Å². The third kappa shape index (κ3) is 6.14. The summed E-state index contributed by atoms with van der Waals surface area (Å²) in [6.45, 7) is 6.12. The van der Waals surface area contributed by atoms with E-state index in [4.69, 9.17) is 0 Å². The van der Waals surface area contributed by atoms with E-state index in [0.29, 0.717) is 5.69 Å². The van der Waals surface area contributed by atoms with Gasteiger partial charge >= 0.3 is 6.36 Å². The second kappa shape index (κ2) is 8.36. The van der Waals surface area contributed by atoms with E-state index >= 15 is 0 Å². The molecule has 7 heteroatoms. The molecule has 0 saturated carbocycles. The summed E-state index contributed by atoms with van der Waals surface area (Å²) in [6, 6.07) is 5.50. The van der Waals surface area contributed by atoms with Gasteiger partial charge in [0.2, 0.25) is 0 Å². The Morgan fingerprint density at radius 1 is 1.17 bits per heavy atom. The van der Waals surface area contributed by atoms with E-state index < -0.39 is 17.7 Å². The maximum atomic E-state index is 12.1. The number of aromatic nitrogens is 2. The molecule has 126 valence electrons. The van der Waals surface area contributed by atoms with Gasteiger partial charge in [-0.1, -0.05) is 26.7 Å². The number of aryl methyl sites for hydroxylation is 1. The maximum absolute atomic E-state index is 12.1. The Morgan fingerprint density at radius 2 is 1.83 bits per heavy atom. The van der Waals surface area contributed by atoms with Gasteiger partial charge < -0.3 is 4.74 Å². The number of ether oxygens (including phenoxy) is 1. The lowest BCUT2D eigenvalue weighted by Gasteiger charge is -2.10. The van der Waals surface area contributed by atoms with Crippen molar-refractivity contribution >= 4 is 0 Å². The van der Waals surface area contributed by atoms with Gasteiger partial charge in [0.1, 0.15) is 0 Å². The molecule has 0 aliphatic carbocycles. The molecule has 0 atom stereocenters. The van der Waals surface area contributed by atoms with Gasteiger partial charge in [0.05, 0.1) is 11.9 Å². The normalized spacial score (nSPS) is 10.7. The molecule has 4 nitrogen and oxygen atoms in total. The first-order valence-electron chi connectivity index (χ1n) is 7.19. The Morgan fingerprint density at radius 3 is 2.30 bits per heavy atom. The fourth-order valence-electron chi connectivity index (χ4n) is 1.48. The summed E-state index contributed by atoms with van der Waals surface area (Å²) in [5.41, 5.74) is 0.202. The molecule has 2 rings (SSSR count). The van der Waals surface area contributed by atoms with Crippen molar-refractivity contribution < 1.29 is 17.9 Å². The second-order valence-electron chi connectivity index (χ2n) is 4.75. The molecule has 0 aliphatic rings. The molecule has 2 aromatic heterocycles. The zero-order chi connectivity index (χ0) is 17.5. The predicted molar refractivity (Wildman–Crippen MR) is 81.8 cm³/mol. The Balaban J connectivity index is 0.000000593. The van der Waals surface area contributed by atoms with E-state index in [0.717, 1.165) is 16.3 Å². The minimum atomic E-state index is -4.90. The minimum Gasteiger partial charge on any atom is -0.400 e. The van der Waals surface area contributed by atoms with Crippen molar-refractivity contribution in [3.8, 4) is 11.4 Å². The average Bonchev–Trinajstić information content (AvgIpc) is 2.49. The number of halogens is 3. The van der Waals surface area contributed by atoms with Crippen molar-refractivity contribution in [3.05, 3.63) is 52.7 Å². The summed E-state index contributed by atoms with van der Waals surface area (Å²) in [4.78, 5) is 15.8. The van der Waals surface area contributed by atoms with Crippen molar-refractivity contribution in [2.75, 3.05) is 0 Å². The van der Waals surface area contributed by atoms with Crippen LogP contribution in [0.5, 0.6) is 5.75 Å². The molecular formula is C16H19F3N2O2. The topological polar surface area (TPSA) is 44.1 Å². The van der Waals surface area contributed by atoms with Gasteiger partial charge in [0, 0.05) is 11.9 Å². The summed E-state index contributed by atoms with van der Waals surface area (Å²) < 4.78 is 41.1. The molecule has 0 bridgehead atoms. The van der Waals surface area contributed by atoms with Gasteiger partial charge in [0.25, 0.3) is 5.56 Å². The molecule has 23 heavy (non-hydrogen) atoms. The van der Waals surface area contributed by atoms with Crippen LogP contribution in [-0.2, 0) is 0 Å². The highest BCUT2D eigenvalue weighted by Crippen LogP contribution is 2.19. The largest absolute Gasteiger partial charge is 0.573 e. The number of unbranched alkanes of at least 4 members (excludes halogenated alkanes) is 1. The molecule has 2 heterocycles. The van der Waals surface area contributed by atoms with Crippen LogP contribution in [0.1, 0.15) is 32.4 Å². The predicted octanol–water partition coefficient (Wildman–Crippen LogP) is 4.25. The highest BCUT2D eigenvalue weighted by atomic mass is 19.4. The summed E-state index contributed by atoms with van der Waals surface area (Å²) in [7, 11) is 0. The number of hydrogen-bond acceptors (Lipinski definition) is 3. The highest BCUT2D eigenvalue weighted by Gasteiger charge is 2.32. The number of hydrogen-bond donors (Lipinski definition) is 0. The van der Waals surface area contributed by atoms with E-state index in [-0.39, 0.29) is 0 Å². The molecule has 0 unspecified atom stereocenters. The Bertz CT molecular complexity index is 662. The van der Waals surface area contributed by atoms with Gasteiger partial charge in [-0.25, -0.2) is 0 Å². The smallest absolute Gasteiger partial charge is 0.400 e. The van der Waals surface area contributed by atoms with Crippen LogP contribution in [0, 0.1) is 6.92 Å². The molecule has 0 fully saturated rings. The number of pyridine rings is 2. The van der Waals surface area contributed by atoms with Crippen LogP contribution in [0.15, 0.2) is 41.5 Å². The summed E-state index contributed by atoms with van der Waals surface area (Å²) in [5, 5.41) is 0. The van der Waals surface area contributed by atoms with Crippen LogP contribution < -0.4 is 10.3 Å². The summed E-state index contributed by atoms with van der Waals surface area (Å²) in [5.74, 6) is -0.782. The third-order valence-corrected chi connectivity index (χ3v) is 2.81. The van der Waals surface area contributed by atoms with E-state index in [1.165, 1.54) is 31.3 Å². The molecule has 0 spiro atoms. The van der Waals surface area contributed by atoms with Crippen LogP contribution >= 0.6 is 0 Å². The number of nitrogens with zero attached hydrogens (tertiary/aromatic N) is 2. The molecule has 0 radical (unpaired) electrons. The third-order valence-electron chi connectivity index (χ3n) is 2.81. The monoisotopic (exact) mass is 328 g/mol. The fourth-order valence-corrected chi connectivity index (χ4v) is 1.48. The average molecular weight is 328 g/mol. The van der Waals surface area contributed by atoms with Crippen molar-refractivity contribution in [1.82, 2.24) is 9.55 Å². The standard InChI is InChI=1S/C12H9F3N2O2.C4H10/c1-8-4-5-9(7-16-8)17-6-2-3-10(11(17)18)19-12(13,14)15;1-3-4-2/h2-7H,1H3;3-4H2,1-2H3. The van der Waals surface area contributed by atoms with Gasteiger partial charge in [-0.3, -0.25) is 14.3 Å². The Labute approximate surface area is 132 Å². The van der Waals surface area contributed by atoms with E-state index in [1.807, 2.05) is 0 Å². The zero-order valence-electron chi connectivity index (χ0n) is 13.2. The first kappa shape index (κ1) is 18.7. The minimum absolute atomic E-state index is 0.364. The molecule has 0 saturated heterocycles. The molecule has 0 amide bonds. The number of alkyl halides is 3. The van der Waals surface area contributed by atoms with E-state index in [9.17, 15) is 18.0 Å².